The number of carbonyl (C=O) groups is 2. The summed E-state index contributed by atoms with van der Waals surface area (Å²) in [5.74, 6) is 0.555. The summed E-state index contributed by atoms with van der Waals surface area (Å²) >= 11 is 0. The first-order valence-electron chi connectivity index (χ1n) is 9.63. The Morgan fingerprint density at radius 3 is 2.42 bits per heavy atom. The molecule has 0 heterocycles. The van der Waals surface area contributed by atoms with Gasteiger partial charge in [0.25, 0.3) is 5.91 Å². The molecule has 0 aliphatic heterocycles. The third kappa shape index (κ3) is 6.02. The van der Waals surface area contributed by atoms with Crippen molar-refractivity contribution >= 4 is 11.9 Å². The van der Waals surface area contributed by atoms with Gasteiger partial charge in [-0.15, -0.1) is 0 Å². The minimum absolute atomic E-state index is 0.156. The summed E-state index contributed by atoms with van der Waals surface area (Å²) in [5, 5.41) is 7.41. The van der Waals surface area contributed by atoms with Crippen molar-refractivity contribution in [1.82, 2.24) is 10.6 Å². The molecule has 26 heavy (non-hydrogen) atoms. The fraction of sp³-hybridized carbons (Fsp3) is 0.600. The maximum atomic E-state index is 12.4. The maximum Gasteiger partial charge on any atom is 0.321 e. The molecule has 0 radical (unpaired) electrons. The van der Waals surface area contributed by atoms with Gasteiger partial charge in [0.15, 0.2) is 6.04 Å². The molecule has 3 amide bonds. The number of rotatable bonds is 7. The summed E-state index contributed by atoms with van der Waals surface area (Å²) in [6.45, 7) is 3.92. The molecule has 0 saturated heterocycles. The average Bonchev–Trinajstić information content (AvgIpc) is 2.66. The molecule has 6 heteroatoms. The van der Waals surface area contributed by atoms with Crippen molar-refractivity contribution in [3.05, 3.63) is 29.8 Å². The molecule has 6 nitrogen and oxygen atoms in total. The summed E-state index contributed by atoms with van der Waals surface area (Å²) in [5.41, 5.74) is 1.14. The summed E-state index contributed by atoms with van der Waals surface area (Å²) in [4.78, 5) is 24.4. The normalized spacial score (nSPS) is 17.2. The Kier molecular flexibility index (Phi) is 7.91. The van der Waals surface area contributed by atoms with E-state index in [1.54, 1.807) is 7.11 Å². The Morgan fingerprint density at radius 1 is 1.19 bits per heavy atom. The topological polar surface area (TPSA) is 84.0 Å². The van der Waals surface area contributed by atoms with Gasteiger partial charge in [0.05, 0.1) is 7.11 Å². The number of nitrogens with two attached hydrogens (primary N) is 1. The second-order valence-electron chi connectivity index (χ2n) is 7.07. The van der Waals surface area contributed by atoms with Crippen molar-refractivity contribution in [2.24, 2.45) is 0 Å². The third-order valence-electron chi connectivity index (χ3n) is 5.10. The minimum atomic E-state index is -0.375. The van der Waals surface area contributed by atoms with Crippen LogP contribution in [0.25, 0.3) is 0 Å². The van der Waals surface area contributed by atoms with Gasteiger partial charge in [0, 0.05) is 18.0 Å². The highest BCUT2D eigenvalue weighted by Crippen LogP contribution is 2.18. The predicted molar refractivity (Wildman–Crippen MR) is 101 cm³/mol. The van der Waals surface area contributed by atoms with Crippen LogP contribution in [0, 0.1) is 0 Å². The third-order valence-corrected chi connectivity index (χ3v) is 5.10. The molecule has 0 unspecified atom stereocenters. The second-order valence-corrected chi connectivity index (χ2v) is 7.07. The lowest BCUT2D eigenvalue weighted by Crippen LogP contribution is -2.92. The van der Waals surface area contributed by atoms with Gasteiger partial charge in [-0.2, -0.15) is 0 Å². The van der Waals surface area contributed by atoms with E-state index in [4.69, 9.17) is 4.74 Å². The van der Waals surface area contributed by atoms with Crippen molar-refractivity contribution < 1.29 is 19.6 Å². The molecule has 2 atom stereocenters. The number of carbonyl (C=O) groups excluding carboxylic acids is 2. The van der Waals surface area contributed by atoms with Crippen LogP contribution in [0.4, 0.5) is 4.79 Å². The molecule has 144 valence electrons. The molecule has 1 fully saturated rings. The number of hydrogen-bond acceptors (Lipinski definition) is 3. The van der Waals surface area contributed by atoms with Crippen LogP contribution in [0.15, 0.2) is 24.3 Å². The van der Waals surface area contributed by atoms with Crippen molar-refractivity contribution in [3.63, 3.8) is 0 Å². The predicted octanol–water partition coefficient (Wildman–Crippen LogP) is 2.26. The van der Waals surface area contributed by atoms with Gasteiger partial charge in [-0.25, -0.2) is 4.79 Å². The number of amides is 3. The van der Waals surface area contributed by atoms with E-state index in [0.717, 1.165) is 43.4 Å². The van der Waals surface area contributed by atoms with Crippen LogP contribution in [-0.4, -0.2) is 31.1 Å². The number of methoxy groups -OCH3 is 1. The zero-order valence-electron chi connectivity index (χ0n) is 16.1. The van der Waals surface area contributed by atoms with Gasteiger partial charge in [-0.1, -0.05) is 26.2 Å². The minimum Gasteiger partial charge on any atom is -0.497 e. The second kappa shape index (κ2) is 10.2. The van der Waals surface area contributed by atoms with Gasteiger partial charge in [-0.3, -0.25) is 10.1 Å². The molecular formula is C20H32N3O3+. The molecule has 1 aliphatic carbocycles. The zero-order chi connectivity index (χ0) is 18.9. The molecule has 1 aromatic rings. The van der Waals surface area contributed by atoms with Crippen LogP contribution in [0.3, 0.4) is 0 Å². The number of urea groups is 1. The van der Waals surface area contributed by atoms with E-state index in [9.17, 15) is 9.59 Å². The Bertz CT molecular complexity index is 582. The van der Waals surface area contributed by atoms with E-state index >= 15 is 0 Å². The highest BCUT2D eigenvalue weighted by molar-refractivity contribution is 5.96. The highest BCUT2D eigenvalue weighted by atomic mass is 16.5. The van der Waals surface area contributed by atoms with E-state index in [0.29, 0.717) is 0 Å². The number of nitrogens with one attached hydrogen (secondary N) is 2. The van der Waals surface area contributed by atoms with E-state index < -0.39 is 0 Å². The van der Waals surface area contributed by atoms with Crippen LogP contribution in [-0.2, 0) is 4.79 Å². The highest BCUT2D eigenvalue weighted by Gasteiger charge is 2.24. The van der Waals surface area contributed by atoms with Crippen molar-refractivity contribution in [1.29, 1.82) is 0 Å². The maximum absolute atomic E-state index is 12.4. The van der Waals surface area contributed by atoms with Gasteiger partial charge >= 0.3 is 6.03 Å². The lowest BCUT2D eigenvalue weighted by Gasteiger charge is -2.23. The zero-order valence-corrected chi connectivity index (χ0v) is 16.1. The molecule has 0 bridgehead atoms. The van der Waals surface area contributed by atoms with Gasteiger partial charge in [-0.05, 0) is 44.0 Å². The summed E-state index contributed by atoms with van der Waals surface area (Å²) < 4.78 is 5.19. The van der Waals surface area contributed by atoms with Crippen LogP contribution < -0.4 is 20.7 Å². The molecule has 1 aromatic carbocycles. The molecule has 0 aromatic heterocycles. The lowest BCUT2D eigenvalue weighted by molar-refractivity contribution is -0.713. The Morgan fingerprint density at radius 2 is 1.85 bits per heavy atom. The molecule has 1 aliphatic rings. The molecule has 2 rings (SSSR count). The number of hydrogen-bond donors (Lipinski definition) is 3. The van der Waals surface area contributed by atoms with Gasteiger partial charge in [0.2, 0.25) is 0 Å². The van der Waals surface area contributed by atoms with Crippen LogP contribution in [0.1, 0.15) is 64.0 Å². The summed E-state index contributed by atoms with van der Waals surface area (Å²) in [6, 6.07) is 7.51. The van der Waals surface area contributed by atoms with Crippen LogP contribution >= 0.6 is 0 Å². The Labute approximate surface area is 156 Å². The molecule has 4 N–H and O–H groups in total. The monoisotopic (exact) mass is 362 g/mol. The molecule has 0 spiro atoms. The molecular weight excluding hydrogens is 330 g/mol. The SMILES string of the molecule is CC[C@H]([NH2+][C@H](C)C(=O)NC(=O)NC1CCCCC1)c1ccc(OC)cc1. The molecule has 1 saturated carbocycles. The van der Waals surface area contributed by atoms with Gasteiger partial charge in [0.1, 0.15) is 11.8 Å². The summed E-state index contributed by atoms with van der Waals surface area (Å²) in [7, 11) is 1.64. The van der Waals surface area contributed by atoms with E-state index in [-0.39, 0.29) is 30.1 Å². The fourth-order valence-electron chi connectivity index (χ4n) is 3.46. The largest absolute Gasteiger partial charge is 0.497 e. The lowest BCUT2D eigenvalue weighted by atomic mass is 9.96. The van der Waals surface area contributed by atoms with Crippen molar-refractivity contribution in [2.75, 3.05) is 7.11 Å². The summed E-state index contributed by atoms with van der Waals surface area (Å²) in [6.07, 6.45) is 6.40. The van der Waals surface area contributed by atoms with Crippen LogP contribution in [0.2, 0.25) is 0 Å². The van der Waals surface area contributed by atoms with Crippen LogP contribution in [0.5, 0.6) is 5.75 Å². The first-order valence-corrected chi connectivity index (χ1v) is 9.63. The quantitative estimate of drug-likeness (QED) is 0.696. The van der Waals surface area contributed by atoms with Crippen molar-refractivity contribution in [2.45, 2.75) is 70.5 Å². The van der Waals surface area contributed by atoms with E-state index in [1.807, 2.05) is 36.5 Å². The standard InChI is InChI=1S/C20H31N3O3/c1-4-18(15-10-12-17(26-3)13-11-15)21-14(2)19(24)23-20(25)22-16-8-6-5-7-9-16/h10-14,16,18,21H,4-9H2,1-3H3,(H2,22,23,24,25)/p+1/t14-,18+/m1/s1. The number of imide groups is 1. The Hall–Kier alpha value is -2.08. The smallest absolute Gasteiger partial charge is 0.321 e. The van der Waals surface area contributed by atoms with E-state index in [1.165, 1.54) is 6.42 Å². The Balaban J connectivity index is 1.84. The van der Waals surface area contributed by atoms with Crippen molar-refractivity contribution in [3.8, 4) is 5.75 Å². The number of ether oxygens (including phenoxy) is 1. The van der Waals surface area contributed by atoms with Gasteiger partial charge < -0.3 is 15.4 Å². The first kappa shape index (κ1) is 20.2. The number of quaternary nitrogens is 1. The number of benzene rings is 1. The fourth-order valence-corrected chi connectivity index (χ4v) is 3.46. The average molecular weight is 362 g/mol. The first-order chi connectivity index (χ1) is 12.5. The van der Waals surface area contributed by atoms with E-state index in [2.05, 4.69) is 17.6 Å².